The highest BCUT2D eigenvalue weighted by Crippen LogP contribution is 2.18. The zero-order valence-corrected chi connectivity index (χ0v) is 13.5. The van der Waals surface area contributed by atoms with E-state index in [1.807, 2.05) is 6.92 Å². The van der Waals surface area contributed by atoms with Gasteiger partial charge in [-0.05, 0) is 33.7 Å². The zero-order chi connectivity index (χ0) is 15.4. The van der Waals surface area contributed by atoms with Crippen molar-refractivity contribution in [2.75, 3.05) is 25.5 Å². The van der Waals surface area contributed by atoms with Crippen LogP contribution < -0.4 is 5.32 Å². The molecule has 1 rings (SSSR count). The van der Waals surface area contributed by atoms with E-state index >= 15 is 0 Å². The van der Waals surface area contributed by atoms with Crippen molar-refractivity contribution in [2.24, 2.45) is 0 Å². The Morgan fingerprint density at radius 3 is 2.60 bits per heavy atom. The minimum Gasteiger partial charge on any atom is -0.459 e. The summed E-state index contributed by atoms with van der Waals surface area (Å²) in [4.78, 5) is 11.7. The van der Waals surface area contributed by atoms with E-state index in [9.17, 15) is 13.2 Å². The van der Waals surface area contributed by atoms with Gasteiger partial charge in [-0.1, -0.05) is 6.92 Å². The molecule has 0 bridgehead atoms. The molecule has 0 spiro atoms. The van der Waals surface area contributed by atoms with Crippen LogP contribution in [0.5, 0.6) is 0 Å². The molecule has 118 valence electrons. The van der Waals surface area contributed by atoms with Crippen LogP contribution in [-0.4, -0.2) is 56.8 Å². The van der Waals surface area contributed by atoms with Crippen molar-refractivity contribution in [2.45, 2.75) is 51.0 Å². The van der Waals surface area contributed by atoms with Crippen molar-refractivity contribution in [3.8, 4) is 0 Å². The van der Waals surface area contributed by atoms with E-state index in [1.54, 1.807) is 20.8 Å². The second-order valence-electron chi connectivity index (χ2n) is 5.96. The Kier molecular flexibility index (Phi) is 5.97. The number of rotatable bonds is 5. The lowest BCUT2D eigenvalue weighted by atomic mass is 10.1. The molecule has 1 aliphatic rings. The van der Waals surface area contributed by atoms with E-state index in [1.165, 1.54) is 0 Å². The van der Waals surface area contributed by atoms with Gasteiger partial charge in [-0.25, -0.2) is 8.42 Å². The average Bonchev–Trinajstić information content (AvgIpc) is 2.26. The second kappa shape index (κ2) is 6.87. The molecule has 0 aromatic rings. The number of hydrogen-bond donors (Lipinski definition) is 1. The molecule has 1 fully saturated rings. The molecule has 0 aromatic carbocycles. The summed E-state index contributed by atoms with van der Waals surface area (Å²) in [5.74, 6) is -1.31. The van der Waals surface area contributed by atoms with Gasteiger partial charge in [0.05, 0.1) is 6.61 Å². The fourth-order valence-electron chi connectivity index (χ4n) is 2.20. The Morgan fingerprint density at radius 1 is 1.40 bits per heavy atom. The van der Waals surface area contributed by atoms with Gasteiger partial charge >= 0.3 is 5.97 Å². The van der Waals surface area contributed by atoms with Crippen molar-refractivity contribution in [3.63, 3.8) is 0 Å². The smallest absolute Gasteiger partial charge is 0.321 e. The van der Waals surface area contributed by atoms with Crippen LogP contribution in [0.2, 0.25) is 0 Å². The fraction of sp³-hybridized carbons (Fsp3) is 0.923. The molecule has 0 saturated carbocycles. The molecule has 0 amide bonds. The Balaban J connectivity index is 2.73. The van der Waals surface area contributed by atoms with E-state index < -0.39 is 32.4 Å². The largest absolute Gasteiger partial charge is 0.459 e. The van der Waals surface area contributed by atoms with E-state index in [0.29, 0.717) is 19.6 Å². The van der Waals surface area contributed by atoms with Crippen molar-refractivity contribution in [3.05, 3.63) is 0 Å². The Bertz CT molecular complexity index is 425. The Morgan fingerprint density at radius 2 is 2.05 bits per heavy atom. The lowest BCUT2D eigenvalue weighted by Crippen LogP contribution is -2.51. The van der Waals surface area contributed by atoms with Crippen LogP contribution in [0, 0.1) is 0 Å². The number of sulfone groups is 1. The van der Waals surface area contributed by atoms with Crippen LogP contribution in [0.25, 0.3) is 0 Å². The van der Waals surface area contributed by atoms with Gasteiger partial charge in [-0.15, -0.1) is 0 Å². The monoisotopic (exact) mass is 307 g/mol. The molecule has 7 heteroatoms. The lowest BCUT2D eigenvalue weighted by Gasteiger charge is -2.31. The van der Waals surface area contributed by atoms with Gasteiger partial charge in [0.1, 0.15) is 16.6 Å². The summed E-state index contributed by atoms with van der Waals surface area (Å²) < 4.78 is 35.0. The first-order valence-electron chi connectivity index (χ1n) is 6.90. The topological polar surface area (TPSA) is 81.7 Å². The molecule has 2 atom stereocenters. The number of carbonyl (C=O) groups is 1. The minimum atomic E-state index is -3.59. The number of esters is 1. The van der Waals surface area contributed by atoms with Gasteiger partial charge in [0.2, 0.25) is 0 Å². The van der Waals surface area contributed by atoms with E-state index in [2.05, 4.69) is 5.32 Å². The predicted octanol–water partition coefficient (Wildman–Crippen LogP) is 0.510. The van der Waals surface area contributed by atoms with Crippen LogP contribution in [0.4, 0.5) is 0 Å². The number of hydrogen-bond acceptors (Lipinski definition) is 6. The average molecular weight is 307 g/mol. The summed E-state index contributed by atoms with van der Waals surface area (Å²) >= 11 is 0. The highest BCUT2D eigenvalue weighted by molar-refractivity contribution is 7.92. The molecule has 1 heterocycles. The lowest BCUT2D eigenvalue weighted by molar-refractivity contribution is -0.151. The van der Waals surface area contributed by atoms with Gasteiger partial charge in [-0.3, -0.25) is 4.79 Å². The van der Waals surface area contributed by atoms with Crippen LogP contribution in [0.3, 0.4) is 0 Å². The van der Waals surface area contributed by atoms with E-state index in [-0.39, 0.29) is 12.6 Å². The molecular formula is C13H25NO5S. The highest BCUT2D eigenvalue weighted by Gasteiger charge is 2.38. The normalized spacial score (nSPS) is 24.4. The molecule has 2 unspecified atom stereocenters. The number of nitrogens with one attached hydrogen (secondary N) is 1. The summed E-state index contributed by atoms with van der Waals surface area (Å²) in [5, 5.41) is 2.46. The van der Waals surface area contributed by atoms with Crippen molar-refractivity contribution in [1.82, 2.24) is 5.32 Å². The molecule has 0 aliphatic carbocycles. The SMILES string of the molecule is CCNC1CCOCC1S(=O)(=O)CC(=O)OC(C)(C)C. The maximum atomic E-state index is 12.3. The molecule has 0 aromatic heterocycles. The predicted molar refractivity (Wildman–Crippen MR) is 76.3 cm³/mol. The fourth-order valence-corrected chi connectivity index (χ4v) is 3.84. The van der Waals surface area contributed by atoms with Gasteiger partial charge in [-0.2, -0.15) is 0 Å². The number of ether oxygens (including phenoxy) is 2. The van der Waals surface area contributed by atoms with Gasteiger partial charge in [0, 0.05) is 12.6 Å². The Hall–Kier alpha value is -0.660. The van der Waals surface area contributed by atoms with Crippen LogP contribution in [0.1, 0.15) is 34.1 Å². The summed E-state index contributed by atoms with van der Waals surface area (Å²) in [6.07, 6.45) is 0.631. The first-order valence-corrected chi connectivity index (χ1v) is 8.62. The maximum absolute atomic E-state index is 12.3. The molecule has 1 N–H and O–H groups in total. The summed E-state index contributed by atoms with van der Waals surface area (Å²) in [6.45, 7) is 8.41. The minimum absolute atomic E-state index is 0.128. The van der Waals surface area contributed by atoms with Crippen LogP contribution in [0.15, 0.2) is 0 Å². The zero-order valence-electron chi connectivity index (χ0n) is 12.6. The van der Waals surface area contributed by atoms with Crippen molar-refractivity contribution in [1.29, 1.82) is 0 Å². The summed E-state index contributed by atoms with van der Waals surface area (Å²) in [6, 6.07) is -0.166. The van der Waals surface area contributed by atoms with Crippen molar-refractivity contribution < 1.29 is 22.7 Å². The van der Waals surface area contributed by atoms with E-state index in [0.717, 1.165) is 0 Å². The quantitative estimate of drug-likeness (QED) is 0.745. The maximum Gasteiger partial charge on any atom is 0.321 e. The third-order valence-electron chi connectivity index (χ3n) is 2.97. The first-order chi connectivity index (χ1) is 9.15. The molecule has 1 aliphatic heterocycles. The van der Waals surface area contributed by atoms with Gasteiger partial charge < -0.3 is 14.8 Å². The van der Waals surface area contributed by atoms with Crippen LogP contribution in [-0.2, 0) is 24.1 Å². The molecule has 0 radical (unpaired) electrons. The summed E-state index contributed by atoms with van der Waals surface area (Å²) in [7, 11) is -3.59. The molecule has 6 nitrogen and oxygen atoms in total. The highest BCUT2D eigenvalue weighted by atomic mass is 32.2. The van der Waals surface area contributed by atoms with Gasteiger partial charge in [0.15, 0.2) is 9.84 Å². The van der Waals surface area contributed by atoms with E-state index in [4.69, 9.17) is 9.47 Å². The third-order valence-corrected chi connectivity index (χ3v) is 5.00. The molecule has 1 saturated heterocycles. The standard InChI is InChI=1S/C13H25NO5S/c1-5-14-10-6-7-18-8-11(10)20(16,17)9-12(15)19-13(2,3)4/h10-11,14H,5-9H2,1-4H3. The number of carbonyl (C=O) groups excluding carboxylic acids is 1. The van der Waals surface area contributed by atoms with Gasteiger partial charge in [0.25, 0.3) is 0 Å². The second-order valence-corrected chi connectivity index (χ2v) is 8.18. The summed E-state index contributed by atoms with van der Waals surface area (Å²) in [5.41, 5.74) is -0.684. The van der Waals surface area contributed by atoms with Crippen LogP contribution >= 0.6 is 0 Å². The first kappa shape index (κ1) is 17.4. The third kappa shape index (κ3) is 5.38. The Labute approximate surface area is 121 Å². The van der Waals surface area contributed by atoms with Crippen molar-refractivity contribution >= 4 is 15.8 Å². The molecule has 20 heavy (non-hydrogen) atoms. The molecular weight excluding hydrogens is 282 g/mol.